The lowest BCUT2D eigenvalue weighted by Crippen LogP contribution is -2.20. The molecule has 0 unspecified atom stereocenters. The quantitative estimate of drug-likeness (QED) is 0.753. The molecule has 1 heterocycles. The van der Waals surface area contributed by atoms with E-state index >= 15 is 0 Å². The first-order valence-corrected chi connectivity index (χ1v) is 5.76. The van der Waals surface area contributed by atoms with Crippen LogP contribution in [-0.4, -0.2) is 12.2 Å². The van der Waals surface area contributed by atoms with E-state index in [1.807, 2.05) is 36.4 Å². The van der Waals surface area contributed by atoms with Gasteiger partial charge in [0.05, 0.1) is 12.1 Å². The molecular weight excluding hydrogens is 226 g/mol. The molecule has 88 valence electrons. The van der Waals surface area contributed by atoms with Gasteiger partial charge in [-0.2, -0.15) is 0 Å². The third-order valence-corrected chi connectivity index (χ3v) is 3.09. The molecule has 1 amide bonds. The van der Waals surface area contributed by atoms with Crippen LogP contribution in [-0.2, 0) is 11.2 Å². The monoisotopic (exact) mass is 237 g/mol. The zero-order chi connectivity index (χ0) is 12.5. The normalized spacial score (nSPS) is 13.6. The van der Waals surface area contributed by atoms with Crippen molar-refractivity contribution in [2.75, 3.05) is 4.90 Å². The van der Waals surface area contributed by atoms with Crippen LogP contribution in [0.2, 0.25) is 0 Å². The van der Waals surface area contributed by atoms with Crippen molar-refractivity contribution in [1.82, 2.24) is 0 Å². The van der Waals surface area contributed by atoms with Crippen molar-refractivity contribution in [3.8, 4) is 0 Å². The molecule has 0 aliphatic carbocycles. The summed E-state index contributed by atoms with van der Waals surface area (Å²) in [6, 6.07) is 14.8. The molecule has 0 aromatic heterocycles. The number of para-hydroxylation sites is 1. The maximum atomic E-state index is 12.1. The maximum Gasteiger partial charge on any atom is 0.236 e. The maximum absolute atomic E-state index is 12.1. The van der Waals surface area contributed by atoms with Crippen LogP contribution in [0.5, 0.6) is 0 Å². The van der Waals surface area contributed by atoms with E-state index in [0.29, 0.717) is 12.0 Å². The Morgan fingerprint density at radius 3 is 2.56 bits per heavy atom. The van der Waals surface area contributed by atoms with E-state index in [0.717, 1.165) is 23.2 Å². The topological polar surface area (TPSA) is 37.4 Å². The van der Waals surface area contributed by atoms with Gasteiger partial charge < -0.3 is 0 Å². The van der Waals surface area contributed by atoms with Gasteiger partial charge in [-0.15, -0.1) is 0 Å². The molecule has 1 aliphatic heterocycles. The molecule has 0 saturated heterocycles. The van der Waals surface area contributed by atoms with Gasteiger partial charge in [-0.3, -0.25) is 14.5 Å². The molecule has 1 aliphatic rings. The third kappa shape index (κ3) is 1.61. The van der Waals surface area contributed by atoms with E-state index in [-0.39, 0.29) is 5.91 Å². The molecule has 0 saturated carbocycles. The minimum Gasteiger partial charge on any atom is -0.298 e. The van der Waals surface area contributed by atoms with Crippen LogP contribution >= 0.6 is 0 Å². The van der Waals surface area contributed by atoms with Crippen molar-refractivity contribution in [3.05, 3.63) is 59.7 Å². The minimum atomic E-state index is 0.0410. The Kier molecular flexibility index (Phi) is 2.45. The highest BCUT2D eigenvalue weighted by atomic mass is 16.2. The predicted molar refractivity (Wildman–Crippen MR) is 69.1 cm³/mol. The number of aldehydes is 1. The number of benzene rings is 2. The first-order chi connectivity index (χ1) is 8.79. The summed E-state index contributed by atoms with van der Waals surface area (Å²) in [7, 11) is 0. The Labute approximate surface area is 105 Å². The predicted octanol–water partition coefficient (Wildman–Crippen LogP) is 2.72. The standard InChI is InChI=1S/C15H11NO2/c17-10-11-6-7-12-9-15(18)16(14(12)8-11)13-4-2-1-3-5-13/h1-8,10H,9H2. The Hall–Kier alpha value is -2.42. The lowest BCUT2D eigenvalue weighted by molar-refractivity contribution is -0.116. The van der Waals surface area contributed by atoms with Gasteiger partial charge in [-0.05, 0) is 23.8 Å². The summed E-state index contributed by atoms with van der Waals surface area (Å²) in [5.74, 6) is 0.0410. The SMILES string of the molecule is O=Cc1ccc2c(c1)N(c1ccccc1)C(=O)C2. The number of hydrogen-bond donors (Lipinski definition) is 0. The number of nitrogens with zero attached hydrogens (tertiary/aromatic N) is 1. The van der Waals surface area contributed by atoms with Gasteiger partial charge >= 0.3 is 0 Å². The molecule has 0 atom stereocenters. The highest BCUT2D eigenvalue weighted by molar-refractivity contribution is 6.07. The van der Waals surface area contributed by atoms with Crippen molar-refractivity contribution in [3.63, 3.8) is 0 Å². The van der Waals surface area contributed by atoms with Crippen molar-refractivity contribution in [1.29, 1.82) is 0 Å². The van der Waals surface area contributed by atoms with Gasteiger partial charge in [0.2, 0.25) is 5.91 Å². The largest absolute Gasteiger partial charge is 0.298 e. The van der Waals surface area contributed by atoms with E-state index < -0.39 is 0 Å². The number of anilines is 2. The summed E-state index contributed by atoms with van der Waals surface area (Å²) >= 11 is 0. The van der Waals surface area contributed by atoms with E-state index in [2.05, 4.69) is 0 Å². The number of hydrogen-bond acceptors (Lipinski definition) is 2. The summed E-state index contributed by atoms with van der Waals surface area (Å²) in [6.07, 6.45) is 1.19. The Balaban J connectivity index is 2.13. The highest BCUT2D eigenvalue weighted by Crippen LogP contribution is 2.35. The zero-order valence-corrected chi connectivity index (χ0v) is 9.67. The lowest BCUT2D eigenvalue weighted by Gasteiger charge is -2.17. The van der Waals surface area contributed by atoms with Crippen LogP contribution in [0.1, 0.15) is 15.9 Å². The van der Waals surface area contributed by atoms with E-state index in [9.17, 15) is 9.59 Å². The molecule has 0 radical (unpaired) electrons. The van der Waals surface area contributed by atoms with E-state index in [4.69, 9.17) is 0 Å². The van der Waals surface area contributed by atoms with Crippen molar-refractivity contribution < 1.29 is 9.59 Å². The van der Waals surface area contributed by atoms with Crippen molar-refractivity contribution in [2.45, 2.75) is 6.42 Å². The number of carbonyl (C=O) groups is 2. The fourth-order valence-electron chi connectivity index (χ4n) is 2.25. The number of amides is 1. The van der Waals surface area contributed by atoms with Crippen LogP contribution in [0.15, 0.2) is 48.5 Å². The van der Waals surface area contributed by atoms with E-state index in [1.165, 1.54) is 0 Å². The molecule has 3 nitrogen and oxygen atoms in total. The highest BCUT2D eigenvalue weighted by Gasteiger charge is 2.28. The Bertz CT molecular complexity index is 620. The molecule has 0 spiro atoms. The second-order valence-electron chi connectivity index (χ2n) is 4.25. The molecule has 18 heavy (non-hydrogen) atoms. The van der Waals surface area contributed by atoms with Crippen LogP contribution < -0.4 is 4.90 Å². The number of carbonyl (C=O) groups excluding carboxylic acids is 2. The molecule has 3 heteroatoms. The second kappa shape index (κ2) is 4.11. The van der Waals surface area contributed by atoms with Gasteiger partial charge in [0.15, 0.2) is 0 Å². The van der Waals surface area contributed by atoms with Gasteiger partial charge in [0.25, 0.3) is 0 Å². The molecular formula is C15H11NO2. The molecule has 0 fully saturated rings. The lowest BCUT2D eigenvalue weighted by atomic mass is 10.1. The average molecular weight is 237 g/mol. The molecule has 0 N–H and O–H groups in total. The first kappa shape index (κ1) is 10.7. The average Bonchev–Trinajstić information content (AvgIpc) is 2.74. The van der Waals surface area contributed by atoms with Crippen molar-refractivity contribution in [2.24, 2.45) is 0 Å². The molecule has 0 bridgehead atoms. The number of fused-ring (bicyclic) bond motifs is 1. The summed E-state index contributed by atoms with van der Waals surface area (Å²) in [5, 5.41) is 0. The molecule has 2 aromatic rings. The Morgan fingerprint density at radius 1 is 1.06 bits per heavy atom. The van der Waals surface area contributed by atoms with Crippen molar-refractivity contribution >= 4 is 23.6 Å². The molecule has 3 rings (SSSR count). The van der Waals surface area contributed by atoms with Crippen LogP contribution in [0.4, 0.5) is 11.4 Å². The van der Waals surface area contributed by atoms with Gasteiger partial charge in [0, 0.05) is 11.3 Å². The summed E-state index contributed by atoms with van der Waals surface area (Å²) in [6.45, 7) is 0. The van der Waals surface area contributed by atoms with E-state index in [1.54, 1.807) is 17.0 Å². The van der Waals surface area contributed by atoms with Gasteiger partial charge in [-0.25, -0.2) is 0 Å². The third-order valence-electron chi connectivity index (χ3n) is 3.09. The number of rotatable bonds is 2. The smallest absolute Gasteiger partial charge is 0.236 e. The summed E-state index contributed by atoms with van der Waals surface area (Å²) < 4.78 is 0. The van der Waals surface area contributed by atoms with Gasteiger partial charge in [-0.1, -0.05) is 30.3 Å². The Morgan fingerprint density at radius 2 is 1.83 bits per heavy atom. The second-order valence-corrected chi connectivity index (χ2v) is 4.25. The summed E-state index contributed by atoms with van der Waals surface area (Å²) in [4.78, 5) is 24.6. The zero-order valence-electron chi connectivity index (χ0n) is 9.67. The van der Waals surface area contributed by atoms with Crippen LogP contribution in [0.3, 0.4) is 0 Å². The minimum absolute atomic E-state index is 0.0410. The van der Waals surface area contributed by atoms with Crippen LogP contribution in [0.25, 0.3) is 0 Å². The van der Waals surface area contributed by atoms with Crippen LogP contribution in [0, 0.1) is 0 Å². The summed E-state index contributed by atoms with van der Waals surface area (Å²) in [5.41, 5.74) is 3.21. The fourth-order valence-corrected chi connectivity index (χ4v) is 2.25. The first-order valence-electron chi connectivity index (χ1n) is 5.76. The van der Waals surface area contributed by atoms with Gasteiger partial charge in [0.1, 0.15) is 6.29 Å². The fraction of sp³-hybridized carbons (Fsp3) is 0.0667. The molecule has 2 aromatic carbocycles.